The van der Waals surface area contributed by atoms with Crippen molar-refractivity contribution in [3.05, 3.63) is 58.3 Å². The number of carbonyl (C=O) groups is 1. The molecule has 0 fully saturated rings. The van der Waals surface area contributed by atoms with Crippen LogP contribution in [0.1, 0.15) is 23.0 Å². The fraction of sp³-hybridized carbons (Fsp3) is 0.143. The Hall–Kier alpha value is -1.68. The second-order valence-corrected chi connectivity index (χ2v) is 4.57. The molecule has 1 heterocycles. The predicted octanol–water partition coefficient (Wildman–Crippen LogP) is 3.47. The van der Waals surface area contributed by atoms with E-state index in [1.165, 1.54) is 0 Å². The third-order valence-corrected chi connectivity index (χ3v) is 2.84. The van der Waals surface area contributed by atoms with E-state index >= 15 is 0 Å². The van der Waals surface area contributed by atoms with Crippen LogP contribution in [-0.4, -0.2) is 17.4 Å². The van der Waals surface area contributed by atoms with Crippen molar-refractivity contribution in [1.29, 1.82) is 0 Å². The normalized spacial score (nSPS) is 10.1. The molecule has 1 aromatic carbocycles. The number of rotatable bonds is 4. The Morgan fingerprint density at radius 2 is 2.17 bits per heavy atom. The van der Waals surface area contributed by atoms with Gasteiger partial charge in [0, 0.05) is 16.2 Å². The minimum Gasteiger partial charge on any atom is -0.494 e. The number of nitrogens with zero attached hydrogens (tertiary/aromatic N) is 1. The van der Waals surface area contributed by atoms with Crippen LogP contribution in [0.5, 0.6) is 5.75 Å². The standard InChI is InChI=1S/C14H12BrNO2/c1-2-18-12-5-3-4-10(8-12)14(17)13-7-6-11(15)9-16-13/h3-9H,2H2,1H3. The van der Waals surface area contributed by atoms with Crippen LogP contribution >= 0.6 is 15.9 Å². The summed E-state index contributed by atoms with van der Waals surface area (Å²) in [7, 11) is 0. The molecule has 2 rings (SSSR count). The number of halogens is 1. The van der Waals surface area contributed by atoms with E-state index in [-0.39, 0.29) is 5.78 Å². The molecule has 0 aliphatic carbocycles. The highest BCUT2D eigenvalue weighted by Gasteiger charge is 2.10. The number of aromatic nitrogens is 1. The molecule has 0 spiro atoms. The summed E-state index contributed by atoms with van der Waals surface area (Å²) in [5.41, 5.74) is 1.00. The van der Waals surface area contributed by atoms with Crippen LogP contribution in [-0.2, 0) is 0 Å². The lowest BCUT2D eigenvalue weighted by molar-refractivity contribution is 0.103. The minimum absolute atomic E-state index is 0.107. The molecule has 0 amide bonds. The molecule has 0 atom stereocenters. The Bertz CT molecular complexity index is 552. The summed E-state index contributed by atoms with van der Waals surface area (Å²) < 4.78 is 6.22. The van der Waals surface area contributed by atoms with E-state index in [1.54, 1.807) is 36.5 Å². The zero-order chi connectivity index (χ0) is 13.0. The molecule has 4 heteroatoms. The van der Waals surface area contributed by atoms with E-state index in [1.807, 2.05) is 13.0 Å². The number of benzene rings is 1. The summed E-state index contributed by atoms with van der Waals surface area (Å²) in [5, 5.41) is 0. The molecular formula is C14H12BrNO2. The van der Waals surface area contributed by atoms with E-state index in [0.29, 0.717) is 23.6 Å². The molecule has 3 nitrogen and oxygen atoms in total. The summed E-state index contributed by atoms with van der Waals surface area (Å²) in [6, 6.07) is 10.6. The Morgan fingerprint density at radius 3 is 2.83 bits per heavy atom. The Morgan fingerprint density at radius 1 is 1.33 bits per heavy atom. The van der Waals surface area contributed by atoms with Crippen LogP contribution in [0, 0.1) is 0 Å². The fourth-order valence-corrected chi connectivity index (χ4v) is 1.79. The van der Waals surface area contributed by atoms with Crippen LogP contribution in [0.2, 0.25) is 0 Å². The number of ketones is 1. The summed E-state index contributed by atoms with van der Waals surface area (Å²) in [6.07, 6.45) is 1.61. The highest BCUT2D eigenvalue weighted by atomic mass is 79.9. The van der Waals surface area contributed by atoms with Crippen molar-refractivity contribution in [3.8, 4) is 5.75 Å². The molecule has 0 N–H and O–H groups in total. The average Bonchev–Trinajstić information content (AvgIpc) is 2.39. The Labute approximate surface area is 114 Å². The highest BCUT2D eigenvalue weighted by Crippen LogP contribution is 2.16. The van der Waals surface area contributed by atoms with Gasteiger partial charge in [-0.25, -0.2) is 0 Å². The van der Waals surface area contributed by atoms with Crippen molar-refractivity contribution in [2.24, 2.45) is 0 Å². The quantitative estimate of drug-likeness (QED) is 0.812. The van der Waals surface area contributed by atoms with Crippen LogP contribution < -0.4 is 4.74 Å². The molecule has 0 radical (unpaired) electrons. The van der Waals surface area contributed by atoms with E-state index < -0.39 is 0 Å². The first-order valence-electron chi connectivity index (χ1n) is 5.60. The molecule has 1 aromatic heterocycles. The number of pyridine rings is 1. The van der Waals surface area contributed by atoms with Gasteiger partial charge in [0.2, 0.25) is 5.78 Å². The smallest absolute Gasteiger partial charge is 0.211 e. The lowest BCUT2D eigenvalue weighted by Gasteiger charge is -2.05. The topological polar surface area (TPSA) is 39.2 Å². The SMILES string of the molecule is CCOc1cccc(C(=O)c2ccc(Br)cn2)c1. The summed E-state index contributed by atoms with van der Waals surface area (Å²) in [5.74, 6) is 0.588. The van der Waals surface area contributed by atoms with Gasteiger partial charge in [-0.15, -0.1) is 0 Å². The monoisotopic (exact) mass is 305 g/mol. The second kappa shape index (κ2) is 5.78. The molecule has 0 aliphatic heterocycles. The number of carbonyl (C=O) groups excluding carboxylic acids is 1. The second-order valence-electron chi connectivity index (χ2n) is 3.65. The predicted molar refractivity (Wildman–Crippen MR) is 73.0 cm³/mol. The number of hydrogen-bond acceptors (Lipinski definition) is 3. The third kappa shape index (κ3) is 2.96. The van der Waals surface area contributed by atoms with Crippen LogP contribution in [0.3, 0.4) is 0 Å². The molecule has 0 unspecified atom stereocenters. The first kappa shape index (κ1) is 12.8. The number of hydrogen-bond donors (Lipinski definition) is 0. The van der Waals surface area contributed by atoms with E-state index in [4.69, 9.17) is 4.74 Å². The van der Waals surface area contributed by atoms with Gasteiger partial charge in [-0.3, -0.25) is 9.78 Å². The van der Waals surface area contributed by atoms with Crippen molar-refractivity contribution in [1.82, 2.24) is 4.98 Å². The maximum Gasteiger partial charge on any atom is 0.211 e. The molecule has 0 saturated heterocycles. The summed E-state index contributed by atoms with van der Waals surface area (Å²) >= 11 is 3.29. The average molecular weight is 306 g/mol. The maximum atomic E-state index is 12.2. The fourth-order valence-electron chi connectivity index (χ4n) is 1.55. The molecular weight excluding hydrogens is 294 g/mol. The van der Waals surface area contributed by atoms with Gasteiger partial charge in [0.15, 0.2) is 0 Å². The van der Waals surface area contributed by atoms with Crippen molar-refractivity contribution >= 4 is 21.7 Å². The van der Waals surface area contributed by atoms with Crippen molar-refractivity contribution < 1.29 is 9.53 Å². The molecule has 0 saturated carbocycles. The first-order chi connectivity index (χ1) is 8.70. The molecule has 0 bridgehead atoms. The van der Waals surface area contributed by atoms with Gasteiger partial charge in [-0.05, 0) is 47.1 Å². The van der Waals surface area contributed by atoms with Gasteiger partial charge in [0.1, 0.15) is 11.4 Å². The van der Waals surface area contributed by atoms with Gasteiger partial charge < -0.3 is 4.74 Å². The van der Waals surface area contributed by atoms with Gasteiger partial charge in [-0.2, -0.15) is 0 Å². The Kier molecular flexibility index (Phi) is 4.10. The molecule has 18 heavy (non-hydrogen) atoms. The van der Waals surface area contributed by atoms with Gasteiger partial charge in [0.05, 0.1) is 6.61 Å². The van der Waals surface area contributed by atoms with Crippen LogP contribution in [0.25, 0.3) is 0 Å². The van der Waals surface area contributed by atoms with Crippen LogP contribution in [0.4, 0.5) is 0 Å². The maximum absolute atomic E-state index is 12.2. The Balaban J connectivity index is 2.28. The largest absolute Gasteiger partial charge is 0.494 e. The van der Waals surface area contributed by atoms with Gasteiger partial charge in [0.25, 0.3) is 0 Å². The van der Waals surface area contributed by atoms with Crippen LogP contribution in [0.15, 0.2) is 47.1 Å². The van der Waals surface area contributed by atoms with E-state index in [0.717, 1.165) is 4.47 Å². The molecule has 2 aromatic rings. The summed E-state index contributed by atoms with van der Waals surface area (Å²) in [4.78, 5) is 16.3. The zero-order valence-corrected chi connectivity index (χ0v) is 11.5. The van der Waals surface area contributed by atoms with Crippen molar-refractivity contribution in [2.75, 3.05) is 6.61 Å². The van der Waals surface area contributed by atoms with E-state index in [9.17, 15) is 4.79 Å². The molecule has 0 aliphatic rings. The highest BCUT2D eigenvalue weighted by molar-refractivity contribution is 9.10. The van der Waals surface area contributed by atoms with E-state index in [2.05, 4.69) is 20.9 Å². The third-order valence-electron chi connectivity index (χ3n) is 2.37. The lowest BCUT2D eigenvalue weighted by Crippen LogP contribution is -2.04. The van der Waals surface area contributed by atoms with Gasteiger partial charge >= 0.3 is 0 Å². The summed E-state index contributed by atoms with van der Waals surface area (Å²) in [6.45, 7) is 2.49. The molecule has 92 valence electrons. The minimum atomic E-state index is -0.107. The zero-order valence-electron chi connectivity index (χ0n) is 9.89. The number of ether oxygens (including phenoxy) is 1. The van der Waals surface area contributed by atoms with Gasteiger partial charge in [-0.1, -0.05) is 12.1 Å². The van der Waals surface area contributed by atoms with Crippen molar-refractivity contribution in [3.63, 3.8) is 0 Å². The lowest BCUT2D eigenvalue weighted by atomic mass is 10.1. The first-order valence-corrected chi connectivity index (χ1v) is 6.39. The van der Waals surface area contributed by atoms with Crippen molar-refractivity contribution in [2.45, 2.75) is 6.92 Å².